The lowest BCUT2D eigenvalue weighted by atomic mass is 10.2. The fourth-order valence-corrected chi connectivity index (χ4v) is 1.85. The zero-order valence-electron chi connectivity index (χ0n) is 8.11. The highest BCUT2D eigenvalue weighted by Gasteiger charge is 2.25. The summed E-state index contributed by atoms with van der Waals surface area (Å²) in [5.74, 6) is 0. The van der Waals surface area contributed by atoms with Gasteiger partial charge >= 0.3 is 0 Å². The number of imidazole rings is 1. The summed E-state index contributed by atoms with van der Waals surface area (Å²) in [5.41, 5.74) is 0.668. The number of hydrogen-bond donors (Lipinski definition) is 1. The summed E-state index contributed by atoms with van der Waals surface area (Å²) >= 11 is 5.88. The van der Waals surface area contributed by atoms with E-state index in [1.807, 2.05) is 4.90 Å². The number of rotatable bonds is 2. The van der Waals surface area contributed by atoms with Gasteiger partial charge in [-0.1, -0.05) is 11.6 Å². The van der Waals surface area contributed by atoms with Gasteiger partial charge in [-0.25, -0.2) is 4.98 Å². The first-order chi connectivity index (χ1) is 7.33. The highest BCUT2D eigenvalue weighted by molar-refractivity contribution is 6.30. The van der Waals surface area contributed by atoms with Gasteiger partial charge in [0.1, 0.15) is 6.04 Å². The van der Waals surface area contributed by atoms with Crippen molar-refractivity contribution in [2.45, 2.75) is 6.04 Å². The van der Waals surface area contributed by atoms with Gasteiger partial charge < -0.3 is 9.72 Å². The van der Waals surface area contributed by atoms with Crippen molar-refractivity contribution in [3.8, 4) is 6.07 Å². The molecule has 6 heteroatoms. The van der Waals surface area contributed by atoms with Gasteiger partial charge in [-0.2, -0.15) is 5.26 Å². The molecule has 1 aromatic heterocycles. The summed E-state index contributed by atoms with van der Waals surface area (Å²) in [7, 11) is 0. The Kier molecular flexibility index (Phi) is 3.21. The predicted octanol–water partition coefficient (Wildman–Crippen LogP) is 0.960. The van der Waals surface area contributed by atoms with Crippen LogP contribution >= 0.6 is 11.6 Å². The van der Waals surface area contributed by atoms with Crippen LogP contribution in [-0.4, -0.2) is 41.2 Å². The molecule has 1 N–H and O–H groups in total. The molecular weight excluding hydrogens is 216 g/mol. The van der Waals surface area contributed by atoms with Gasteiger partial charge in [-0.05, 0) is 0 Å². The Balaban J connectivity index is 2.17. The van der Waals surface area contributed by atoms with Gasteiger partial charge in [0.25, 0.3) is 0 Å². The largest absolute Gasteiger partial charge is 0.379 e. The van der Waals surface area contributed by atoms with Crippen LogP contribution < -0.4 is 0 Å². The van der Waals surface area contributed by atoms with E-state index in [9.17, 15) is 0 Å². The van der Waals surface area contributed by atoms with E-state index in [0.717, 1.165) is 13.1 Å². The Bertz CT molecular complexity index is 366. The monoisotopic (exact) mass is 226 g/mol. The highest BCUT2D eigenvalue weighted by atomic mass is 35.5. The molecule has 1 unspecified atom stereocenters. The van der Waals surface area contributed by atoms with Gasteiger partial charge in [0.05, 0.1) is 31.3 Å². The SMILES string of the molecule is N#CC(c1[nH]cnc1Cl)N1CCOCC1. The van der Waals surface area contributed by atoms with E-state index < -0.39 is 0 Å². The Morgan fingerprint density at radius 1 is 1.60 bits per heavy atom. The maximum atomic E-state index is 9.14. The van der Waals surface area contributed by atoms with Gasteiger partial charge in [0.15, 0.2) is 5.15 Å². The summed E-state index contributed by atoms with van der Waals surface area (Å²) in [5, 5.41) is 9.50. The van der Waals surface area contributed by atoms with Crippen LogP contribution in [0.3, 0.4) is 0 Å². The fourth-order valence-electron chi connectivity index (χ4n) is 1.64. The molecule has 0 spiro atoms. The van der Waals surface area contributed by atoms with E-state index >= 15 is 0 Å². The van der Waals surface area contributed by atoms with E-state index in [0.29, 0.717) is 24.1 Å². The average molecular weight is 227 g/mol. The second-order valence-electron chi connectivity index (χ2n) is 3.29. The summed E-state index contributed by atoms with van der Waals surface area (Å²) in [6, 6.07) is 1.87. The number of H-pyrrole nitrogens is 1. The zero-order chi connectivity index (χ0) is 10.7. The number of morpholine rings is 1. The standard InChI is InChI=1S/C9H11ClN4O/c10-9-8(12-6-13-9)7(5-11)14-1-3-15-4-2-14/h6-7H,1-4H2,(H,12,13). The first-order valence-electron chi connectivity index (χ1n) is 4.73. The Hall–Kier alpha value is -1.09. The van der Waals surface area contributed by atoms with E-state index in [-0.39, 0.29) is 6.04 Å². The molecule has 0 saturated carbocycles. The van der Waals surface area contributed by atoms with E-state index in [2.05, 4.69) is 16.0 Å². The molecule has 1 aliphatic heterocycles. The van der Waals surface area contributed by atoms with Gasteiger partial charge in [-0.3, -0.25) is 4.90 Å². The Labute approximate surface area is 92.6 Å². The number of aromatic nitrogens is 2. The molecular formula is C9H11ClN4O. The minimum atomic E-state index is -0.358. The lowest BCUT2D eigenvalue weighted by Gasteiger charge is -2.29. The van der Waals surface area contributed by atoms with Crippen LogP contribution in [0.4, 0.5) is 0 Å². The van der Waals surface area contributed by atoms with Crippen molar-refractivity contribution in [2.24, 2.45) is 0 Å². The van der Waals surface area contributed by atoms with Crippen molar-refractivity contribution in [1.82, 2.24) is 14.9 Å². The Morgan fingerprint density at radius 2 is 2.33 bits per heavy atom. The van der Waals surface area contributed by atoms with Crippen molar-refractivity contribution in [3.63, 3.8) is 0 Å². The quantitative estimate of drug-likeness (QED) is 0.816. The number of aromatic amines is 1. The van der Waals surface area contributed by atoms with E-state index in [1.165, 1.54) is 6.33 Å². The number of hydrogen-bond acceptors (Lipinski definition) is 4. The lowest BCUT2D eigenvalue weighted by Crippen LogP contribution is -2.38. The van der Waals surface area contributed by atoms with E-state index in [4.69, 9.17) is 21.6 Å². The molecule has 1 saturated heterocycles. The number of nitrogens with one attached hydrogen (secondary N) is 1. The van der Waals surface area contributed by atoms with E-state index in [1.54, 1.807) is 0 Å². The maximum absolute atomic E-state index is 9.14. The third-order valence-electron chi connectivity index (χ3n) is 2.43. The molecule has 0 bridgehead atoms. The molecule has 1 aromatic rings. The molecule has 5 nitrogen and oxygen atoms in total. The number of nitrogens with zero attached hydrogens (tertiary/aromatic N) is 3. The van der Waals surface area contributed by atoms with Crippen molar-refractivity contribution in [2.75, 3.05) is 26.3 Å². The van der Waals surface area contributed by atoms with Crippen molar-refractivity contribution >= 4 is 11.6 Å². The van der Waals surface area contributed by atoms with Crippen LogP contribution in [0.25, 0.3) is 0 Å². The van der Waals surface area contributed by atoms with Crippen molar-refractivity contribution < 1.29 is 4.74 Å². The van der Waals surface area contributed by atoms with Gasteiger partial charge in [0.2, 0.25) is 0 Å². The van der Waals surface area contributed by atoms with Crippen molar-refractivity contribution in [1.29, 1.82) is 5.26 Å². The van der Waals surface area contributed by atoms with Crippen LogP contribution in [0.5, 0.6) is 0 Å². The molecule has 2 rings (SSSR count). The highest BCUT2D eigenvalue weighted by Crippen LogP contribution is 2.24. The summed E-state index contributed by atoms with van der Waals surface area (Å²) < 4.78 is 5.23. The molecule has 1 fully saturated rings. The minimum Gasteiger partial charge on any atom is -0.379 e. The van der Waals surface area contributed by atoms with Crippen LogP contribution in [0.15, 0.2) is 6.33 Å². The third-order valence-corrected chi connectivity index (χ3v) is 2.73. The van der Waals surface area contributed by atoms with Crippen LogP contribution in [0.1, 0.15) is 11.7 Å². The molecule has 1 aliphatic rings. The summed E-state index contributed by atoms with van der Waals surface area (Å²) in [6.07, 6.45) is 1.50. The number of nitriles is 1. The average Bonchev–Trinajstić information content (AvgIpc) is 2.68. The number of halogens is 1. The normalized spacial score (nSPS) is 19.7. The molecule has 0 aliphatic carbocycles. The maximum Gasteiger partial charge on any atom is 0.152 e. The van der Waals surface area contributed by atoms with Crippen molar-refractivity contribution in [3.05, 3.63) is 17.2 Å². The molecule has 0 amide bonds. The zero-order valence-corrected chi connectivity index (χ0v) is 8.87. The van der Waals surface area contributed by atoms with Gasteiger partial charge in [0, 0.05) is 13.1 Å². The second kappa shape index (κ2) is 4.62. The molecule has 0 aromatic carbocycles. The van der Waals surface area contributed by atoms with Crippen LogP contribution in [0.2, 0.25) is 5.15 Å². The molecule has 0 radical (unpaired) electrons. The summed E-state index contributed by atoms with van der Waals surface area (Å²) in [4.78, 5) is 8.82. The topological polar surface area (TPSA) is 64.9 Å². The van der Waals surface area contributed by atoms with Crippen LogP contribution in [0, 0.1) is 11.3 Å². The molecule has 2 heterocycles. The molecule has 80 valence electrons. The molecule has 15 heavy (non-hydrogen) atoms. The van der Waals surface area contributed by atoms with Gasteiger partial charge in [-0.15, -0.1) is 0 Å². The lowest BCUT2D eigenvalue weighted by molar-refractivity contribution is 0.0260. The third kappa shape index (κ3) is 2.12. The number of ether oxygens (including phenoxy) is 1. The first kappa shape index (κ1) is 10.4. The Morgan fingerprint density at radius 3 is 2.87 bits per heavy atom. The fraction of sp³-hybridized carbons (Fsp3) is 0.556. The molecule has 1 atom stereocenters. The predicted molar refractivity (Wildman–Crippen MR) is 54.3 cm³/mol. The smallest absolute Gasteiger partial charge is 0.152 e. The summed E-state index contributed by atoms with van der Waals surface area (Å²) in [6.45, 7) is 2.80. The minimum absolute atomic E-state index is 0.358. The second-order valence-corrected chi connectivity index (χ2v) is 3.65. The first-order valence-corrected chi connectivity index (χ1v) is 5.11. The van der Waals surface area contributed by atoms with Crippen LogP contribution in [-0.2, 0) is 4.74 Å².